The van der Waals surface area contributed by atoms with Gasteiger partial charge in [0.15, 0.2) is 0 Å². The smallest absolute Gasteiger partial charge is 0.148 e. The number of ether oxygens (including phenoxy) is 1. The molecule has 1 N–H and O–H groups in total. The molecule has 0 spiro atoms. The van der Waals surface area contributed by atoms with Gasteiger partial charge in [0, 0.05) is 19.2 Å². The van der Waals surface area contributed by atoms with Gasteiger partial charge in [-0.05, 0) is 12.1 Å². The number of benzene rings is 1. The second-order valence-corrected chi connectivity index (χ2v) is 6.21. The molecule has 2 aromatic rings. The van der Waals surface area contributed by atoms with Gasteiger partial charge in [-0.1, -0.05) is 17.4 Å². The summed E-state index contributed by atoms with van der Waals surface area (Å²) in [6, 6.07) is 5.04. The molecular weight excluding hydrogens is 337 g/mol. The van der Waals surface area contributed by atoms with Crippen LogP contribution in [0.2, 0.25) is 0 Å². The van der Waals surface area contributed by atoms with Crippen LogP contribution >= 0.6 is 24.8 Å². The summed E-state index contributed by atoms with van der Waals surface area (Å²) in [4.78, 5) is 1.98. The summed E-state index contributed by atoms with van der Waals surface area (Å²) in [5.41, 5.74) is 1.89. The Morgan fingerprint density at radius 2 is 2.17 bits per heavy atom. The van der Waals surface area contributed by atoms with Gasteiger partial charge in [-0.15, -0.1) is 17.7 Å². The first-order valence-corrected chi connectivity index (χ1v) is 7.99. The maximum atomic E-state index is 14.4. The minimum atomic E-state index is -0.281. The Balaban J connectivity index is 1.75. The number of nitrogens with one attached hydrogen (secondary N) is 1. The van der Waals surface area contributed by atoms with Gasteiger partial charge in [-0.3, -0.25) is 0 Å². The van der Waals surface area contributed by atoms with E-state index in [4.69, 9.17) is 17.0 Å². The highest BCUT2D eigenvalue weighted by atomic mass is 32.1. The van der Waals surface area contributed by atoms with E-state index in [1.54, 1.807) is 12.3 Å². The molecule has 0 saturated carbocycles. The molecule has 0 atom stereocenters. The van der Waals surface area contributed by atoms with Crippen molar-refractivity contribution in [2.75, 3.05) is 31.2 Å². The van der Waals surface area contributed by atoms with E-state index < -0.39 is 0 Å². The first kappa shape index (κ1) is 16.2. The van der Waals surface area contributed by atoms with E-state index in [-0.39, 0.29) is 5.82 Å². The minimum absolute atomic E-state index is 0.281. The summed E-state index contributed by atoms with van der Waals surface area (Å²) in [6.45, 7) is 3.05. The lowest BCUT2D eigenvalue weighted by atomic mass is 10.2. The number of morpholine rings is 1. The predicted molar refractivity (Wildman–Crippen MR) is 92.8 cm³/mol. The highest BCUT2D eigenvalue weighted by Gasteiger charge is 2.16. The number of rotatable bonds is 4. The van der Waals surface area contributed by atoms with Crippen LogP contribution in [-0.2, 0) is 11.3 Å². The summed E-state index contributed by atoms with van der Waals surface area (Å²) < 4.78 is 21.6. The van der Waals surface area contributed by atoms with Crippen molar-refractivity contribution < 1.29 is 9.13 Å². The Morgan fingerprint density at radius 1 is 1.39 bits per heavy atom. The molecule has 1 aliphatic heterocycles. The Bertz CT molecular complexity index is 702. The molecule has 0 amide bonds. The maximum absolute atomic E-state index is 14.4. The molecule has 1 fully saturated rings. The van der Waals surface area contributed by atoms with Crippen LogP contribution in [-0.4, -0.2) is 45.6 Å². The fourth-order valence-corrected chi connectivity index (χ4v) is 2.52. The lowest BCUT2D eigenvalue weighted by molar-refractivity contribution is 0.122. The van der Waals surface area contributed by atoms with Gasteiger partial charge in [0.2, 0.25) is 0 Å². The number of hydrogen-bond acceptors (Lipinski definition) is 5. The normalized spacial score (nSPS) is 14.8. The zero-order chi connectivity index (χ0) is 16.2. The van der Waals surface area contributed by atoms with Gasteiger partial charge in [0.1, 0.15) is 15.8 Å². The van der Waals surface area contributed by atoms with Gasteiger partial charge in [-0.2, -0.15) is 0 Å². The van der Waals surface area contributed by atoms with Gasteiger partial charge in [0.25, 0.3) is 0 Å². The Kier molecular flexibility index (Phi) is 5.09. The van der Waals surface area contributed by atoms with Crippen LogP contribution in [0.25, 0.3) is 5.69 Å². The molecule has 0 bridgehead atoms. The first-order valence-electron chi connectivity index (χ1n) is 7.14. The summed E-state index contributed by atoms with van der Waals surface area (Å²) >= 11 is 8.81. The Labute approximate surface area is 144 Å². The zero-order valence-corrected chi connectivity index (χ0v) is 14.0. The number of nitrogens with zero attached hydrogens (tertiary/aromatic N) is 4. The molecule has 1 aromatic heterocycles. The van der Waals surface area contributed by atoms with E-state index in [1.165, 1.54) is 10.7 Å². The quantitative estimate of drug-likeness (QED) is 0.643. The fraction of sp³-hybridized carbons (Fsp3) is 0.357. The standard InChI is InChI=1S/C14H16FN5OS2/c15-12-7-11(1-2-13(12)19-3-5-21-6-4-19)20-9-10(17-18-20)8-16-14(22)23/h1-2,7,9H,3-6,8H2,(H2,16,22,23). The van der Waals surface area contributed by atoms with Gasteiger partial charge >= 0.3 is 0 Å². The first-order chi connectivity index (χ1) is 11.1. The van der Waals surface area contributed by atoms with Crippen molar-refractivity contribution in [1.29, 1.82) is 0 Å². The summed E-state index contributed by atoms with van der Waals surface area (Å²) in [6.07, 6.45) is 1.72. The van der Waals surface area contributed by atoms with Crippen molar-refractivity contribution in [3.05, 3.63) is 35.9 Å². The molecule has 0 aliphatic carbocycles. The summed E-state index contributed by atoms with van der Waals surface area (Å²) in [5, 5.41) is 10.9. The van der Waals surface area contributed by atoms with E-state index in [2.05, 4.69) is 28.3 Å². The van der Waals surface area contributed by atoms with Crippen molar-refractivity contribution in [2.45, 2.75) is 6.54 Å². The molecule has 3 rings (SSSR count). The van der Waals surface area contributed by atoms with Crippen LogP contribution in [0.1, 0.15) is 5.69 Å². The SMILES string of the molecule is Fc1cc(-n2cc(CNC(=S)S)nn2)ccc1N1CCOCC1. The lowest BCUT2D eigenvalue weighted by Gasteiger charge is -2.29. The van der Waals surface area contributed by atoms with Crippen LogP contribution in [0.5, 0.6) is 0 Å². The Morgan fingerprint density at radius 3 is 2.87 bits per heavy atom. The number of thiocarbonyl (C=S) groups is 1. The van der Waals surface area contributed by atoms with E-state index >= 15 is 0 Å². The van der Waals surface area contributed by atoms with Crippen LogP contribution in [0, 0.1) is 5.82 Å². The largest absolute Gasteiger partial charge is 0.378 e. The van der Waals surface area contributed by atoms with Gasteiger partial charge in [-0.25, -0.2) is 9.07 Å². The number of thiol groups is 1. The van der Waals surface area contributed by atoms with Crippen LogP contribution in [0.3, 0.4) is 0 Å². The van der Waals surface area contributed by atoms with E-state index in [1.807, 2.05) is 11.0 Å². The van der Waals surface area contributed by atoms with Crippen molar-refractivity contribution in [1.82, 2.24) is 20.3 Å². The molecular formula is C14H16FN5OS2. The van der Waals surface area contributed by atoms with Crippen molar-refractivity contribution in [2.24, 2.45) is 0 Å². The highest BCUT2D eigenvalue weighted by Crippen LogP contribution is 2.23. The third kappa shape index (κ3) is 3.98. The second kappa shape index (κ2) is 7.24. The second-order valence-electron chi connectivity index (χ2n) is 5.05. The maximum Gasteiger partial charge on any atom is 0.148 e. The average Bonchev–Trinajstić information content (AvgIpc) is 3.02. The molecule has 0 radical (unpaired) electrons. The Hall–Kier alpha value is -1.71. The summed E-state index contributed by atoms with van der Waals surface area (Å²) in [5.74, 6) is -0.281. The summed E-state index contributed by atoms with van der Waals surface area (Å²) in [7, 11) is 0. The third-order valence-electron chi connectivity index (χ3n) is 3.51. The predicted octanol–water partition coefficient (Wildman–Crippen LogP) is 1.55. The topological polar surface area (TPSA) is 55.2 Å². The van der Waals surface area contributed by atoms with Crippen LogP contribution in [0.15, 0.2) is 24.4 Å². The number of anilines is 1. The highest BCUT2D eigenvalue weighted by molar-refractivity contribution is 8.11. The molecule has 6 nitrogen and oxygen atoms in total. The number of aromatic nitrogens is 3. The van der Waals surface area contributed by atoms with Crippen molar-refractivity contribution in [3.63, 3.8) is 0 Å². The molecule has 9 heteroatoms. The van der Waals surface area contributed by atoms with E-state index in [0.717, 1.165) is 0 Å². The van der Waals surface area contributed by atoms with E-state index in [0.29, 0.717) is 54.2 Å². The van der Waals surface area contributed by atoms with Crippen LogP contribution < -0.4 is 10.2 Å². The molecule has 1 aliphatic rings. The monoisotopic (exact) mass is 353 g/mol. The van der Waals surface area contributed by atoms with Crippen LogP contribution in [0.4, 0.5) is 10.1 Å². The number of halogens is 1. The molecule has 0 unspecified atom stereocenters. The molecule has 122 valence electrons. The van der Waals surface area contributed by atoms with Crippen molar-refractivity contribution >= 4 is 34.9 Å². The fourth-order valence-electron chi connectivity index (χ4n) is 2.37. The van der Waals surface area contributed by atoms with Gasteiger partial charge in [0.05, 0.1) is 37.3 Å². The molecule has 23 heavy (non-hydrogen) atoms. The lowest BCUT2D eigenvalue weighted by Crippen LogP contribution is -2.36. The minimum Gasteiger partial charge on any atom is -0.378 e. The molecule has 1 saturated heterocycles. The third-order valence-corrected chi connectivity index (χ3v) is 3.81. The molecule has 2 heterocycles. The zero-order valence-electron chi connectivity index (χ0n) is 12.3. The number of hydrogen-bond donors (Lipinski definition) is 2. The average molecular weight is 353 g/mol. The van der Waals surface area contributed by atoms with Crippen molar-refractivity contribution in [3.8, 4) is 5.69 Å². The van der Waals surface area contributed by atoms with Gasteiger partial charge < -0.3 is 15.0 Å². The molecule has 1 aromatic carbocycles. The van der Waals surface area contributed by atoms with E-state index in [9.17, 15) is 4.39 Å².